The number of aryl methyl sites for hydroxylation is 2. The van der Waals surface area contributed by atoms with Gasteiger partial charge >= 0.3 is 0 Å². The summed E-state index contributed by atoms with van der Waals surface area (Å²) in [7, 11) is 0. The molecule has 3 rings (SSSR count). The number of benzene rings is 1. The van der Waals surface area contributed by atoms with Gasteiger partial charge in [0, 0.05) is 13.0 Å². The second kappa shape index (κ2) is 4.34. The number of rotatable bonds is 3. The maximum absolute atomic E-state index is 13.1. The van der Waals surface area contributed by atoms with E-state index in [1.807, 2.05) is 4.57 Å². The van der Waals surface area contributed by atoms with Crippen LogP contribution in [0.3, 0.4) is 0 Å². The molecule has 0 radical (unpaired) electrons. The molecule has 1 aromatic carbocycles. The molecule has 1 N–H and O–H groups in total. The molecule has 0 unspecified atom stereocenters. The van der Waals surface area contributed by atoms with Gasteiger partial charge < -0.3 is 14.1 Å². The third-order valence-corrected chi connectivity index (χ3v) is 3.01. The summed E-state index contributed by atoms with van der Waals surface area (Å²) in [5, 5.41) is 3.54. The highest BCUT2D eigenvalue weighted by Gasteiger charge is 2.07. The summed E-state index contributed by atoms with van der Waals surface area (Å²) in [6, 6.07) is 4.53. The van der Waals surface area contributed by atoms with E-state index in [9.17, 15) is 4.39 Å². The number of H-pyrrole nitrogens is 1. The van der Waals surface area contributed by atoms with Crippen molar-refractivity contribution in [3.05, 3.63) is 41.0 Å². The maximum Gasteiger partial charge on any atom is 0.228 e. The predicted molar refractivity (Wildman–Crippen MR) is 65.1 cm³/mol. The Kier molecular flexibility index (Phi) is 2.67. The molecule has 92 valence electrons. The summed E-state index contributed by atoms with van der Waals surface area (Å²) >= 11 is 5.21. The third-order valence-electron chi connectivity index (χ3n) is 2.69. The van der Waals surface area contributed by atoms with Crippen LogP contribution in [0.1, 0.15) is 5.89 Å². The lowest BCUT2D eigenvalue weighted by atomic mass is 10.3. The van der Waals surface area contributed by atoms with Crippen LogP contribution in [-0.4, -0.2) is 19.7 Å². The molecule has 0 spiro atoms. The van der Waals surface area contributed by atoms with Gasteiger partial charge in [-0.3, -0.25) is 0 Å². The maximum atomic E-state index is 13.1. The minimum atomic E-state index is -0.289. The van der Waals surface area contributed by atoms with E-state index >= 15 is 0 Å². The Morgan fingerprint density at radius 2 is 2.33 bits per heavy atom. The van der Waals surface area contributed by atoms with Crippen LogP contribution in [0, 0.1) is 10.6 Å². The Morgan fingerprint density at radius 1 is 1.44 bits per heavy atom. The number of nitrogens with one attached hydrogen (secondary N) is 1. The van der Waals surface area contributed by atoms with Gasteiger partial charge in [0.25, 0.3) is 0 Å². The van der Waals surface area contributed by atoms with Crippen LogP contribution in [-0.2, 0) is 13.0 Å². The lowest BCUT2D eigenvalue weighted by Gasteiger charge is -2.01. The van der Waals surface area contributed by atoms with Gasteiger partial charge in [-0.05, 0) is 30.4 Å². The smallest absolute Gasteiger partial charge is 0.228 e. The van der Waals surface area contributed by atoms with Crippen molar-refractivity contribution in [2.45, 2.75) is 13.0 Å². The molecule has 5 nitrogen and oxygen atoms in total. The van der Waals surface area contributed by atoms with E-state index in [-0.39, 0.29) is 5.82 Å². The molecule has 0 saturated carbocycles. The van der Waals surface area contributed by atoms with Crippen LogP contribution >= 0.6 is 12.2 Å². The number of nitrogens with zero attached hydrogens (tertiary/aromatic N) is 3. The lowest BCUT2D eigenvalue weighted by Crippen LogP contribution is -2.01. The topological polar surface area (TPSA) is 59.6 Å². The first-order valence-corrected chi connectivity index (χ1v) is 5.78. The summed E-state index contributed by atoms with van der Waals surface area (Å²) in [5.74, 6) is 0.260. The zero-order chi connectivity index (χ0) is 12.5. The van der Waals surface area contributed by atoms with Gasteiger partial charge in [0.05, 0.1) is 11.0 Å². The number of fused-ring (bicyclic) bond motifs is 1. The number of aromatic amines is 1. The van der Waals surface area contributed by atoms with Crippen molar-refractivity contribution >= 4 is 23.3 Å². The standard InChI is InChI=1S/C11H9FN4OS/c12-7-1-2-9-8(5-7)15-11(18)16(9)4-3-10-13-6-14-17-10/h1-2,5-6H,3-4H2,(H,15,18). The molecule has 0 aliphatic heterocycles. The van der Waals surface area contributed by atoms with Crippen molar-refractivity contribution < 1.29 is 8.91 Å². The summed E-state index contributed by atoms with van der Waals surface area (Å²) in [6.45, 7) is 0.604. The van der Waals surface area contributed by atoms with E-state index in [0.29, 0.717) is 29.1 Å². The highest BCUT2D eigenvalue weighted by molar-refractivity contribution is 7.71. The molecule has 0 fully saturated rings. The Morgan fingerprint density at radius 3 is 3.11 bits per heavy atom. The quantitative estimate of drug-likeness (QED) is 0.738. The van der Waals surface area contributed by atoms with Crippen molar-refractivity contribution in [2.75, 3.05) is 0 Å². The first-order chi connectivity index (χ1) is 8.74. The fraction of sp³-hybridized carbons (Fsp3) is 0.182. The van der Waals surface area contributed by atoms with Crippen molar-refractivity contribution in [1.82, 2.24) is 19.7 Å². The Bertz CT molecular complexity index is 731. The van der Waals surface area contributed by atoms with E-state index in [2.05, 4.69) is 15.1 Å². The lowest BCUT2D eigenvalue weighted by molar-refractivity contribution is 0.371. The molecule has 0 amide bonds. The van der Waals surface area contributed by atoms with E-state index in [1.54, 1.807) is 6.07 Å². The monoisotopic (exact) mass is 264 g/mol. The van der Waals surface area contributed by atoms with Gasteiger partial charge in [0.2, 0.25) is 5.89 Å². The second-order valence-electron chi connectivity index (χ2n) is 3.83. The molecule has 2 heterocycles. The van der Waals surface area contributed by atoms with Gasteiger partial charge in [0.15, 0.2) is 11.1 Å². The number of hydrogen-bond donors (Lipinski definition) is 1. The van der Waals surface area contributed by atoms with Crippen molar-refractivity contribution in [3.8, 4) is 0 Å². The van der Waals surface area contributed by atoms with E-state index in [4.69, 9.17) is 16.7 Å². The molecule has 0 bridgehead atoms. The molecular weight excluding hydrogens is 255 g/mol. The SMILES string of the molecule is Fc1ccc2c(c1)[nH]c(=S)n2CCc1ncno1. The van der Waals surface area contributed by atoms with Gasteiger partial charge in [-0.15, -0.1) is 0 Å². The van der Waals surface area contributed by atoms with E-state index in [0.717, 1.165) is 5.52 Å². The third kappa shape index (κ3) is 1.92. The van der Waals surface area contributed by atoms with Crippen LogP contribution < -0.4 is 0 Å². The Labute approximate surface area is 106 Å². The fourth-order valence-electron chi connectivity index (χ4n) is 1.87. The molecule has 0 atom stereocenters. The molecule has 2 aromatic heterocycles. The van der Waals surface area contributed by atoms with Crippen LogP contribution in [0.25, 0.3) is 11.0 Å². The van der Waals surface area contributed by atoms with Gasteiger partial charge in [-0.2, -0.15) is 4.98 Å². The van der Waals surface area contributed by atoms with Crippen molar-refractivity contribution in [3.63, 3.8) is 0 Å². The number of aromatic nitrogens is 4. The number of halogens is 1. The van der Waals surface area contributed by atoms with Crippen LogP contribution in [0.5, 0.6) is 0 Å². The summed E-state index contributed by atoms with van der Waals surface area (Å²) in [6.07, 6.45) is 1.94. The minimum Gasteiger partial charge on any atom is -0.340 e. The average Bonchev–Trinajstić information content (AvgIpc) is 2.93. The zero-order valence-electron chi connectivity index (χ0n) is 9.26. The average molecular weight is 264 g/mol. The Balaban J connectivity index is 1.96. The van der Waals surface area contributed by atoms with Crippen LogP contribution in [0.15, 0.2) is 29.0 Å². The Hall–Kier alpha value is -2.02. The van der Waals surface area contributed by atoms with Crippen LogP contribution in [0.4, 0.5) is 4.39 Å². The largest absolute Gasteiger partial charge is 0.340 e. The first-order valence-electron chi connectivity index (χ1n) is 5.37. The second-order valence-corrected chi connectivity index (χ2v) is 4.21. The molecule has 0 aliphatic rings. The molecule has 3 aromatic rings. The number of imidazole rings is 1. The van der Waals surface area contributed by atoms with E-state index < -0.39 is 0 Å². The van der Waals surface area contributed by atoms with Gasteiger partial charge in [-0.25, -0.2) is 4.39 Å². The minimum absolute atomic E-state index is 0.289. The molecule has 18 heavy (non-hydrogen) atoms. The fourth-order valence-corrected chi connectivity index (χ4v) is 2.17. The normalized spacial score (nSPS) is 11.2. The predicted octanol–water partition coefficient (Wildman–Crippen LogP) is 2.46. The molecule has 0 aliphatic carbocycles. The highest BCUT2D eigenvalue weighted by atomic mass is 32.1. The summed E-state index contributed by atoms with van der Waals surface area (Å²) < 4.78 is 20.4. The van der Waals surface area contributed by atoms with Crippen molar-refractivity contribution in [2.24, 2.45) is 0 Å². The summed E-state index contributed by atoms with van der Waals surface area (Å²) in [4.78, 5) is 6.91. The molecular formula is C11H9FN4OS. The van der Waals surface area contributed by atoms with E-state index in [1.165, 1.54) is 18.5 Å². The first kappa shape index (κ1) is 11.1. The highest BCUT2D eigenvalue weighted by Crippen LogP contribution is 2.16. The van der Waals surface area contributed by atoms with Gasteiger partial charge in [-0.1, -0.05) is 5.16 Å². The van der Waals surface area contributed by atoms with Crippen molar-refractivity contribution in [1.29, 1.82) is 0 Å². The van der Waals surface area contributed by atoms with Gasteiger partial charge in [0.1, 0.15) is 5.82 Å². The van der Waals surface area contributed by atoms with Crippen LogP contribution in [0.2, 0.25) is 0 Å². The number of hydrogen-bond acceptors (Lipinski definition) is 4. The summed E-state index contributed by atoms with van der Waals surface area (Å²) in [5.41, 5.74) is 1.55. The zero-order valence-corrected chi connectivity index (χ0v) is 10.1. The molecule has 7 heteroatoms. The molecule has 0 saturated heterocycles.